The molecule has 0 amide bonds. The normalized spacial score (nSPS) is 10.1. The van der Waals surface area contributed by atoms with Crippen LogP contribution in [0, 0.1) is 0 Å². The maximum atomic E-state index is 11.1. The van der Waals surface area contributed by atoms with Crippen LogP contribution in [0.1, 0.15) is 10.4 Å². The van der Waals surface area contributed by atoms with Gasteiger partial charge in [0.25, 0.3) is 0 Å². The molecule has 0 unspecified atom stereocenters. The predicted molar refractivity (Wildman–Crippen MR) is 54.9 cm³/mol. The van der Waals surface area contributed by atoms with Gasteiger partial charge in [0, 0.05) is 0 Å². The quantitative estimate of drug-likeness (QED) is 0.832. The number of aromatic nitrogens is 3. The van der Waals surface area contributed by atoms with Crippen LogP contribution in [0.2, 0.25) is 0 Å². The Labute approximate surface area is 91.1 Å². The molecule has 0 saturated carbocycles. The third-order valence-corrected chi connectivity index (χ3v) is 2.13. The van der Waals surface area contributed by atoms with E-state index in [0.717, 1.165) is 0 Å². The zero-order chi connectivity index (χ0) is 11.5. The van der Waals surface area contributed by atoms with Crippen LogP contribution >= 0.6 is 0 Å². The van der Waals surface area contributed by atoms with Crippen molar-refractivity contribution in [1.82, 2.24) is 14.8 Å². The minimum absolute atomic E-state index is 0.138. The fraction of sp³-hybridized carbons (Fsp3) is 0.100. The number of benzene rings is 1. The van der Waals surface area contributed by atoms with Crippen molar-refractivity contribution in [2.75, 3.05) is 7.11 Å². The molecule has 1 aromatic heterocycles. The summed E-state index contributed by atoms with van der Waals surface area (Å²) in [6.07, 6.45) is 2.88. The third-order valence-electron chi connectivity index (χ3n) is 2.13. The summed E-state index contributed by atoms with van der Waals surface area (Å²) in [5.41, 5.74) is 0.637. The van der Waals surface area contributed by atoms with Crippen molar-refractivity contribution in [2.24, 2.45) is 0 Å². The molecule has 0 aliphatic rings. The van der Waals surface area contributed by atoms with Crippen LogP contribution in [0.3, 0.4) is 0 Å². The van der Waals surface area contributed by atoms with E-state index in [1.807, 2.05) is 0 Å². The number of rotatable bonds is 3. The summed E-state index contributed by atoms with van der Waals surface area (Å²) in [6, 6.07) is 4.78. The molecule has 6 heteroatoms. The predicted octanol–water partition coefficient (Wildman–Crippen LogP) is 0.974. The highest BCUT2D eigenvalue weighted by Crippen LogP contribution is 2.20. The number of carboxylic acid groups (broad SMARTS) is 1. The number of ether oxygens (including phenoxy) is 1. The molecule has 2 aromatic rings. The first-order valence-electron chi connectivity index (χ1n) is 4.48. The first-order chi connectivity index (χ1) is 7.72. The van der Waals surface area contributed by atoms with Crippen molar-refractivity contribution in [3.05, 3.63) is 36.4 Å². The molecular weight excluding hydrogens is 210 g/mol. The van der Waals surface area contributed by atoms with E-state index in [-0.39, 0.29) is 5.56 Å². The fourth-order valence-electron chi connectivity index (χ4n) is 1.36. The summed E-state index contributed by atoms with van der Waals surface area (Å²) in [5.74, 6) is -0.531. The van der Waals surface area contributed by atoms with Gasteiger partial charge >= 0.3 is 5.97 Å². The Morgan fingerprint density at radius 3 is 2.62 bits per heavy atom. The Hall–Kier alpha value is -2.37. The average molecular weight is 219 g/mol. The molecule has 2 rings (SSSR count). The van der Waals surface area contributed by atoms with Crippen LogP contribution < -0.4 is 4.74 Å². The van der Waals surface area contributed by atoms with E-state index in [2.05, 4.69) is 10.2 Å². The fourth-order valence-corrected chi connectivity index (χ4v) is 1.36. The van der Waals surface area contributed by atoms with Crippen LogP contribution in [-0.4, -0.2) is 33.0 Å². The highest BCUT2D eigenvalue weighted by atomic mass is 16.5. The van der Waals surface area contributed by atoms with Gasteiger partial charge in [0.05, 0.1) is 18.4 Å². The van der Waals surface area contributed by atoms with E-state index in [1.165, 1.54) is 30.4 Å². The zero-order valence-corrected chi connectivity index (χ0v) is 8.49. The third kappa shape index (κ3) is 1.72. The van der Waals surface area contributed by atoms with E-state index in [4.69, 9.17) is 9.84 Å². The van der Waals surface area contributed by atoms with Crippen molar-refractivity contribution >= 4 is 5.97 Å². The van der Waals surface area contributed by atoms with Crippen molar-refractivity contribution in [3.8, 4) is 11.4 Å². The van der Waals surface area contributed by atoms with Crippen LogP contribution in [0.4, 0.5) is 0 Å². The molecule has 1 aromatic carbocycles. The van der Waals surface area contributed by atoms with Crippen molar-refractivity contribution in [1.29, 1.82) is 0 Å². The second-order valence-corrected chi connectivity index (χ2v) is 3.06. The maximum Gasteiger partial charge on any atom is 0.337 e. The molecule has 0 atom stereocenters. The topological polar surface area (TPSA) is 77.2 Å². The van der Waals surface area contributed by atoms with E-state index in [0.29, 0.717) is 11.4 Å². The van der Waals surface area contributed by atoms with Crippen LogP contribution in [0.25, 0.3) is 5.69 Å². The van der Waals surface area contributed by atoms with Crippen LogP contribution in [-0.2, 0) is 0 Å². The summed E-state index contributed by atoms with van der Waals surface area (Å²) in [4.78, 5) is 11.1. The van der Waals surface area contributed by atoms with Gasteiger partial charge < -0.3 is 9.84 Å². The van der Waals surface area contributed by atoms with Crippen molar-refractivity contribution in [2.45, 2.75) is 0 Å². The van der Waals surface area contributed by atoms with Gasteiger partial charge in [-0.3, -0.25) is 4.57 Å². The minimum Gasteiger partial charge on any atom is -0.497 e. The molecule has 1 heterocycles. The van der Waals surface area contributed by atoms with Gasteiger partial charge in [-0.05, 0) is 18.2 Å². The number of hydrogen-bond acceptors (Lipinski definition) is 4. The van der Waals surface area contributed by atoms with E-state index < -0.39 is 5.97 Å². The monoisotopic (exact) mass is 219 g/mol. The molecule has 6 nitrogen and oxygen atoms in total. The molecule has 1 N–H and O–H groups in total. The Bertz CT molecular complexity index is 508. The maximum absolute atomic E-state index is 11.1. The SMILES string of the molecule is COc1ccc(-n2cnnc2)c(C(=O)O)c1. The van der Waals surface area contributed by atoms with Gasteiger partial charge in [-0.25, -0.2) is 4.79 Å². The molecule has 0 saturated heterocycles. The van der Waals surface area contributed by atoms with E-state index >= 15 is 0 Å². The smallest absolute Gasteiger partial charge is 0.337 e. The Morgan fingerprint density at radius 1 is 1.38 bits per heavy atom. The van der Waals surface area contributed by atoms with Gasteiger partial charge in [0.2, 0.25) is 0 Å². The Morgan fingerprint density at radius 2 is 2.06 bits per heavy atom. The number of aromatic carboxylic acids is 1. The number of nitrogens with zero attached hydrogens (tertiary/aromatic N) is 3. The number of hydrogen-bond donors (Lipinski definition) is 1. The molecule has 0 aliphatic carbocycles. The van der Waals surface area contributed by atoms with Crippen molar-refractivity contribution in [3.63, 3.8) is 0 Å². The highest BCUT2D eigenvalue weighted by Gasteiger charge is 2.12. The van der Waals surface area contributed by atoms with Gasteiger partial charge in [-0.2, -0.15) is 0 Å². The zero-order valence-electron chi connectivity index (χ0n) is 8.49. The first kappa shape index (κ1) is 10.2. The first-order valence-corrected chi connectivity index (χ1v) is 4.48. The summed E-state index contributed by atoms with van der Waals surface area (Å²) in [6.45, 7) is 0. The average Bonchev–Trinajstić information content (AvgIpc) is 2.81. The molecule has 0 fully saturated rings. The lowest BCUT2D eigenvalue weighted by Crippen LogP contribution is -2.04. The second kappa shape index (κ2) is 4.01. The Balaban J connectivity index is 2.57. The van der Waals surface area contributed by atoms with Crippen LogP contribution in [0.15, 0.2) is 30.9 Å². The van der Waals surface area contributed by atoms with Gasteiger partial charge in [0.15, 0.2) is 0 Å². The van der Waals surface area contributed by atoms with Gasteiger partial charge in [0.1, 0.15) is 18.4 Å². The van der Waals surface area contributed by atoms with Gasteiger partial charge in [-0.1, -0.05) is 0 Å². The lowest BCUT2D eigenvalue weighted by atomic mass is 10.1. The molecule has 82 valence electrons. The molecular formula is C10H9N3O3. The van der Waals surface area contributed by atoms with Crippen molar-refractivity contribution < 1.29 is 14.6 Å². The largest absolute Gasteiger partial charge is 0.497 e. The molecule has 16 heavy (non-hydrogen) atoms. The highest BCUT2D eigenvalue weighted by molar-refractivity contribution is 5.92. The standard InChI is InChI=1S/C10H9N3O3/c1-16-7-2-3-9(8(4-7)10(14)15)13-5-11-12-6-13/h2-6H,1H3,(H,14,15). The van der Waals surface area contributed by atoms with E-state index in [1.54, 1.807) is 12.1 Å². The molecule has 0 spiro atoms. The molecule has 0 aliphatic heterocycles. The molecule has 0 radical (unpaired) electrons. The summed E-state index contributed by atoms with van der Waals surface area (Å²) >= 11 is 0. The molecule has 0 bridgehead atoms. The van der Waals surface area contributed by atoms with Gasteiger partial charge in [-0.15, -0.1) is 10.2 Å². The summed E-state index contributed by atoms with van der Waals surface area (Å²) < 4.78 is 6.50. The lowest BCUT2D eigenvalue weighted by molar-refractivity contribution is 0.0696. The number of carboxylic acids is 1. The van der Waals surface area contributed by atoms with Crippen LogP contribution in [0.5, 0.6) is 5.75 Å². The summed E-state index contributed by atoms with van der Waals surface area (Å²) in [7, 11) is 1.49. The summed E-state index contributed by atoms with van der Waals surface area (Å²) in [5, 5.41) is 16.3. The number of carbonyl (C=O) groups is 1. The Kier molecular flexibility index (Phi) is 2.55. The number of methoxy groups -OCH3 is 1. The van der Waals surface area contributed by atoms with E-state index in [9.17, 15) is 4.79 Å². The second-order valence-electron chi connectivity index (χ2n) is 3.06. The lowest BCUT2D eigenvalue weighted by Gasteiger charge is -2.07. The minimum atomic E-state index is -1.03.